The minimum atomic E-state index is -0.804. The van der Waals surface area contributed by atoms with E-state index in [0.717, 1.165) is 15.8 Å². The van der Waals surface area contributed by atoms with Crippen molar-refractivity contribution >= 4 is 21.9 Å². The van der Waals surface area contributed by atoms with Gasteiger partial charge in [0.2, 0.25) is 0 Å². The van der Waals surface area contributed by atoms with Gasteiger partial charge in [0, 0.05) is 6.04 Å². The Balaban J connectivity index is 2.18. The highest BCUT2D eigenvalue weighted by atomic mass is 79.9. The number of hydrogen-bond acceptors (Lipinski definition) is 4. The molecule has 0 aliphatic carbocycles. The normalized spacial score (nSPS) is 25.3. The van der Waals surface area contributed by atoms with Crippen molar-refractivity contribution in [2.24, 2.45) is 11.8 Å². The summed E-state index contributed by atoms with van der Waals surface area (Å²) in [6, 6.07) is 5.33. The number of rotatable bonds is 5. The van der Waals surface area contributed by atoms with Gasteiger partial charge in [-0.25, -0.2) is 5.43 Å². The highest BCUT2D eigenvalue weighted by molar-refractivity contribution is 9.10. The zero-order valence-corrected chi connectivity index (χ0v) is 14.0. The van der Waals surface area contributed by atoms with E-state index in [9.17, 15) is 9.90 Å². The van der Waals surface area contributed by atoms with E-state index in [-0.39, 0.29) is 12.1 Å². The number of halogens is 1. The maximum absolute atomic E-state index is 11.4. The van der Waals surface area contributed by atoms with Crippen molar-refractivity contribution in [1.82, 2.24) is 10.9 Å². The third kappa shape index (κ3) is 3.75. The summed E-state index contributed by atoms with van der Waals surface area (Å²) in [7, 11) is 0. The van der Waals surface area contributed by atoms with E-state index in [0.29, 0.717) is 12.5 Å². The summed E-state index contributed by atoms with van der Waals surface area (Å²) in [5.74, 6) is -0.0755. The quantitative estimate of drug-likeness (QED) is 0.756. The lowest BCUT2D eigenvalue weighted by Gasteiger charge is -2.18. The van der Waals surface area contributed by atoms with Crippen molar-refractivity contribution in [3.63, 3.8) is 0 Å². The Morgan fingerprint density at radius 3 is 2.71 bits per heavy atom. The minimum Gasteiger partial charge on any atom is -0.492 e. The van der Waals surface area contributed by atoms with Gasteiger partial charge >= 0.3 is 5.97 Å². The zero-order valence-electron chi connectivity index (χ0n) is 12.4. The second kappa shape index (κ2) is 6.77. The molecule has 1 saturated heterocycles. The summed E-state index contributed by atoms with van der Waals surface area (Å²) in [6.07, 6.45) is 0. The average molecular weight is 357 g/mol. The second-order valence-corrected chi connectivity index (χ2v) is 6.67. The van der Waals surface area contributed by atoms with Crippen molar-refractivity contribution in [2.75, 3.05) is 6.61 Å². The van der Waals surface area contributed by atoms with Gasteiger partial charge in [-0.2, -0.15) is 0 Å². The Morgan fingerprint density at radius 1 is 1.43 bits per heavy atom. The number of benzene rings is 1. The van der Waals surface area contributed by atoms with Gasteiger partial charge in [-0.15, -0.1) is 0 Å². The largest absolute Gasteiger partial charge is 0.492 e. The molecule has 0 aromatic heterocycles. The van der Waals surface area contributed by atoms with Crippen LogP contribution in [-0.2, 0) is 4.79 Å². The fraction of sp³-hybridized carbons (Fsp3) is 0.533. The third-order valence-corrected chi connectivity index (χ3v) is 4.16. The van der Waals surface area contributed by atoms with Crippen LogP contribution in [0.3, 0.4) is 0 Å². The fourth-order valence-electron chi connectivity index (χ4n) is 2.42. The molecule has 2 rings (SSSR count). The van der Waals surface area contributed by atoms with Gasteiger partial charge in [0.05, 0.1) is 23.0 Å². The Morgan fingerprint density at radius 2 is 2.14 bits per heavy atom. The van der Waals surface area contributed by atoms with Crippen LogP contribution in [0.5, 0.6) is 5.75 Å². The number of ether oxygens (including phenoxy) is 1. The molecule has 3 unspecified atom stereocenters. The number of aliphatic carboxylic acids is 1. The van der Waals surface area contributed by atoms with Crippen LogP contribution in [0.1, 0.15) is 32.4 Å². The fourth-order valence-corrected chi connectivity index (χ4v) is 2.93. The molecule has 0 radical (unpaired) electrons. The molecule has 0 saturated carbocycles. The standard InChI is InChI=1S/C15H21BrN2O3/c1-8(2)7-21-12-5-4-10(6-11(12)16)14-13(15(19)20)9(3)17-18-14/h4-6,8-9,13-14,17-18H,7H2,1-3H3,(H,19,20). The summed E-state index contributed by atoms with van der Waals surface area (Å²) in [4.78, 5) is 11.4. The first-order valence-electron chi connectivity index (χ1n) is 7.06. The monoisotopic (exact) mass is 356 g/mol. The number of hydrogen-bond donors (Lipinski definition) is 3. The molecule has 3 atom stereocenters. The molecule has 0 bridgehead atoms. The number of carboxylic acid groups (broad SMARTS) is 1. The van der Waals surface area contributed by atoms with E-state index in [1.165, 1.54) is 0 Å². The van der Waals surface area contributed by atoms with Gasteiger partial charge in [-0.1, -0.05) is 19.9 Å². The summed E-state index contributed by atoms with van der Waals surface area (Å²) < 4.78 is 6.55. The number of carbonyl (C=O) groups is 1. The summed E-state index contributed by atoms with van der Waals surface area (Å²) >= 11 is 3.50. The maximum atomic E-state index is 11.4. The van der Waals surface area contributed by atoms with Gasteiger partial charge in [-0.3, -0.25) is 10.2 Å². The highest BCUT2D eigenvalue weighted by Gasteiger charge is 2.39. The van der Waals surface area contributed by atoms with E-state index in [2.05, 4.69) is 40.6 Å². The van der Waals surface area contributed by atoms with E-state index >= 15 is 0 Å². The topological polar surface area (TPSA) is 70.6 Å². The van der Waals surface area contributed by atoms with Crippen LogP contribution in [0, 0.1) is 11.8 Å². The predicted octanol–water partition coefficient (Wildman–Crippen LogP) is 2.72. The van der Waals surface area contributed by atoms with Crippen LogP contribution >= 0.6 is 15.9 Å². The van der Waals surface area contributed by atoms with Crippen molar-refractivity contribution in [3.8, 4) is 5.75 Å². The molecule has 1 fully saturated rings. The molecule has 0 spiro atoms. The summed E-state index contributed by atoms with van der Waals surface area (Å²) in [6.45, 7) is 6.70. The molecule has 6 heteroatoms. The molecule has 1 aliphatic rings. The lowest BCUT2D eigenvalue weighted by atomic mass is 9.90. The van der Waals surface area contributed by atoms with E-state index in [1.807, 2.05) is 25.1 Å². The first-order valence-corrected chi connectivity index (χ1v) is 7.85. The van der Waals surface area contributed by atoms with Crippen LogP contribution in [0.4, 0.5) is 0 Å². The van der Waals surface area contributed by atoms with Gasteiger partial charge in [0.1, 0.15) is 5.75 Å². The molecule has 116 valence electrons. The third-order valence-electron chi connectivity index (χ3n) is 3.54. The molecule has 5 nitrogen and oxygen atoms in total. The molecular formula is C15H21BrN2O3. The van der Waals surface area contributed by atoms with E-state index in [4.69, 9.17) is 4.74 Å². The summed E-state index contributed by atoms with van der Waals surface area (Å²) in [5.41, 5.74) is 6.97. The molecule has 0 amide bonds. The molecular weight excluding hydrogens is 336 g/mol. The lowest BCUT2D eigenvalue weighted by Crippen LogP contribution is -2.30. The molecule has 21 heavy (non-hydrogen) atoms. The first-order chi connectivity index (χ1) is 9.90. The van der Waals surface area contributed by atoms with Crippen LogP contribution in [-0.4, -0.2) is 23.7 Å². The van der Waals surface area contributed by atoms with Crippen LogP contribution in [0.25, 0.3) is 0 Å². The van der Waals surface area contributed by atoms with Crippen LogP contribution in [0.2, 0.25) is 0 Å². The minimum absolute atomic E-state index is 0.122. The van der Waals surface area contributed by atoms with Crippen LogP contribution < -0.4 is 15.6 Å². The maximum Gasteiger partial charge on any atom is 0.310 e. The molecule has 1 heterocycles. The average Bonchev–Trinajstić information content (AvgIpc) is 2.79. The van der Waals surface area contributed by atoms with E-state index < -0.39 is 11.9 Å². The van der Waals surface area contributed by atoms with Crippen LogP contribution in [0.15, 0.2) is 22.7 Å². The molecule has 1 aromatic rings. The van der Waals surface area contributed by atoms with Crippen molar-refractivity contribution in [1.29, 1.82) is 0 Å². The SMILES string of the molecule is CC(C)COc1ccc(C2NNC(C)C2C(=O)O)cc1Br. The number of nitrogens with one attached hydrogen (secondary N) is 2. The van der Waals surface area contributed by atoms with Crippen molar-refractivity contribution < 1.29 is 14.6 Å². The number of carboxylic acids is 1. The zero-order chi connectivity index (χ0) is 15.6. The van der Waals surface area contributed by atoms with Gasteiger partial charge in [-0.05, 0) is 46.5 Å². The Hall–Kier alpha value is -1.11. The van der Waals surface area contributed by atoms with Gasteiger partial charge in [0.25, 0.3) is 0 Å². The first kappa shape index (κ1) is 16.3. The predicted molar refractivity (Wildman–Crippen MR) is 84.1 cm³/mol. The molecule has 3 N–H and O–H groups in total. The van der Waals surface area contributed by atoms with E-state index in [1.54, 1.807) is 0 Å². The Labute approximate surface area is 133 Å². The lowest BCUT2D eigenvalue weighted by molar-refractivity contribution is -0.142. The second-order valence-electron chi connectivity index (χ2n) is 5.81. The van der Waals surface area contributed by atoms with Crippen molar-refractivity contribution in [3.05, 3.63) is 28.2 Å². The Kier molecular flexibility index (Phi) is 5.24. The molecule has 1 aromatic carbocycles. The Bertz CT molecular complexity index is 522. The van der Waals surface area contributed by atoms with Crippen molar-refractivity contribution in [2.45, 2.75) is 32.9 Å². The van der Waals surface area contributed by atoms with Gasteiger partial charge < -0.3 is 9.84 Å². The highest BCUT2D eigenvalue weighted by Crippen LogP contribution is 2.34. The smallest absolute Gasteiger partial charge is 0.310 e. The molecule has 1 aliphatic heterocycles. The number of hydrazine groups is 1. The van der Waals surface area contributed by atoms with Gasteiger partial charge in [0.15, 0.2) is 0 Å². The summed E-state index contributed by atoms with van der Waals surface area (Å²) in [5, 5.41) is 9.37.